The largest absolute Gasteiger partial charge is 0.452 e. The Kier molecular flexibility index (Phi) is 11.1. The summed E-state index contributed by atoms with van der Waals surface area (Å²) < 4.78 is 22.3. The molecule has 0 aliphatic heterocycles. The summed E-state index contributed by atoms with van der Waals surface area (Å²) in [6.45, 7) is -0.928. The van der Waals surface area contributed by atoms with Gasteiger partial charge in [-0.2, -0.15) is 0 Å². The van der Waals surface area contributed by atoms with E-state index in [1.165, 1.54) is 48.5 Å². The molecule has 1 N–H and O–H groups in total. The number of benzene rings is 4. The molecule has 4 rings (SSSR count). The van der Waals surface area contributed by atoms with E-state index in [-0.39, 0.29) is 28.5 Å². The van der Waals surface area contributed by atoms with Crippen LogP contribution < -0.4 is 0 Å². The van der Waals surface area contributed by atoms with Gasteiger partial charge >= 0.3 is 23.9 Å². The average molecular weight is 597 g/mol. The Hall–Kier alpha value is -5.61. The molecule has 10 heteroatoms. The second-order valence-electron chi connectivity index (χ2n) is 9.34. The fourth-order valence-corrected chi connectivity index (χ4v) is 4.13. The Morgan fingerprint density at radius 2 is 0.818 bits per heavy atom. The standard InChI is InChI=1S/C34H28O10/c35-21-27(41-31(37)23-13-5-1-6-14-23)29(43-33(39)25-17-9-3-10-18-25)30(44-34(40)26-19-11-4-12-20-26)28(22-36)42-32(38)24-15-7-2-8-16-24/h1-21,27-30,36H,22H2/t27-,28+,29+,30+/m0/s1. The zero-order valence-corrected chi connectivity index (χ0v) is 23.3. The fourth-order valence-electron chi connectivity index (χ4n) is 4.13. The van der Waals surface area contributed by atoms with Crippen molar-refractivity contribution in [1.29, 1.82) is 0 Å². The quantitative estimate of drug-likeness (QED) is 0.136. The fraction of sp³-hybridized carbons (Fsp3) is 0.147. The second-order valence-corrected chi connectivity index (χ2v) is 9.34. The molecule has 0 saturated carbocycles. The van der Waals surface area contributed by atoms with Crippen LogP contribution in [-0.4, -0.2) is 66.3 Å². The summed E-state index contributed by atoms with van der Waals surface area (Å²) in [7, 11) is 0. The van der Waals surface area contributed by atoms with Crippen molar-refractivity contribution >= 4 is 30.2 Å². The lowest BCUT2D eigenvalue weighted by Crippen LogP contribution is -2.53. The number of aliphatic hydroxyl groups excluding tert-OH is 1. The first-order valence-corrected chi connectivity index (χ1v) is 13.5. The van der Waals surface area contributed by atoms with Gasteiger partial charge in [0.2, 0.25) is 0 Å². The highest BCUT2D eigenvalue weighted by Crippen LogP contribution is 2.23. The van der Waals surface area contributed by atoms with Crippen LogP contribution in [0.4, 0.5) is 0 Å². The zero-order valence-electron chi connectivity index (χ0n) is 23.3. The Balaban J connectivity index is 1.75. The molecule has 0 aliphatic rings. The second kappa shape index (κ2) is 15.6. The minimum absolute atomic E-state index is 0.0616. The number of rotatable bonds is 13. The predicted molar refractivity (Wildman–Crippen MR) is 156 cm³/mol. The first kappa shape index (κ1) is 31.3. The van der Waals surface area contributed by atoms with Gasteiger partial charge in [-0.1, -0.05) is 72.8 Å². The molecular weight excluding hydrogens is 568 g/mol. The summed E-state index contributed by atoms with van der Waals surface area (Å²) in [4.78, 5) is 65.0. The number of carbonyl (C=O) groups excluding carboxylic acids is 5. The number of hydrogen-bond donors (Lipinski definition) is 1. The van der Waals surface area contributed by atoms with Crippen LogP contribution in [0.5, 0.6) is 0 Å². The number of hydrogen-bond acceptors (Lipinski definition) is 10. The van der Waals surface area contributed by atoms with E-state index < -0.39 is 54.9 Å². The highest BCUT2D eigenvalue weighted by molar-refractivity contribution is 5.92. The van der Waals surface area contributed by atoms with Gasteiger partial charge < -0.3 is 24.1 Å². The monoisotopic (exact) mass is 596 g/mol. The van der Waals surface area contributed by atoms with E-state index in [0.29, 0.717) is 0 Å². The van der Waals surface area contributed by atoms with Crippen LogP contribution in [0.15, 0.2) is 121 Å². The van der Waals surface area contributed by atoms with Crippen molar-refractivity contribution in [2.45, 2.75) is 24.4 Å². The first-order chi connectivity index (χ1) is 21.4. The minimum Gasteiger partial charge on any atom is -0.452 e. The summed E-state index contributed by atoms with van der Waals surface area (Å²) in [6, 6.07) is 30.9. The molecule has 4 atom stereocenters. The summed E-state index contributed by atoms with van der Waals surface area (Å²) in [5.74, 6) is -3.77. The van der Waals surface area contributed by atoms with Gasteiger partial charge in [-0.15, -0.1) is 0 Å². The molecule has 0 amide bonds. The number of aldehydes is 1. The van der Waals surface area contributed by atoms with E-state index in [0.717, 1.165) is 0 Å². The van der Waals surface area contributed by atoms with Crippen LogP contribution in [0.2, 0.25) is 0 Å². The molecule has 0 unspecified atom stereocenters. The van der Waals surface area contributed by atoms with Gasteiger partial charge in [0.05, 0.1) is 28.9 Å². The van der Waals surface area contributed by atoms with Crippen LogP contribution in [0.3, 0.4) is 0 Å². The van der Waals surface area contributed by atoms with Crippen molar-refractivity contribution in [2.24, 2.45) is 0 Å². The van der Waals surface area contributed by atoms with Gasteiger partial charge in [-0.3, -0.25) is 4.79 Å². The summed E-state index contributed by atoms with van der Waals surface area (Å²) in [5, 5.41) is 10.4. The van der Waals surface area contributed by atoms with Crippen molar-refractivity contribution < 1.29 is 48.0 Å². The number of carbonyl (C=O) groups is 5. The van der Waals surface area contributed by atoms with Crippen molar-refractivity contribution in [1.82, 2.24) is 0 Å². The molecule has 4 aromatic rings. The van der Waals surface area contributed by atoms with Crippen molar-refractivity contribution in [3.63, 3.8) is 0 Å². The highest BCUT2D eigenvalue weighted by atomic mass is 16.6. The van der Waals surface area contributed by atoms with E-state index in [1.807, 2.05) is 0 Å². The molecule has 0 aliphatic carbocycles. The normalized spacial score (nSPS) is 13.3. The van der Waals surface area contributed by atoms with Crippen molar-refractivity contribution in [3.8, 4) is 0 Å². The van der Waals surface area contributed by atoms with Crippen LogP contribution >= 0.6 is 0 Å². The molecule has 0 bridgehead atoms. The van der Waals surface area contributed by atoms with Crippen molar-refractivity contribution in [3.05, 3.63) is 144 Å². The first-order valence-electron chi connectivity index (χ1n) is 13.5. The average Bonchev–Trinajstić information content (AvgIpc) is 3.09. The topological polar surface area (TPSA) is 143 Å². The lowest BCUT2D eigenvalue weighted by molar-refractivity contribution is -0.142. The third-order valence-corrected chi connectivity index (χ3v) is 6.35. The molecule has 10 nitrogen and oxygen atoms in total. The van der Waals surface area contributed by atoms with E-state index in [4.69, 9.17) is 18.9 Å². The summed E-state index contributed by atoms with van der Waals surface area (Å²) >= 11 is 0. The number of esters is 4. The molecule has 0 radical (unpaired) electrons. The van der Waals surface area contributed by atoms with E-state index >= 15 is 0 Å². The Morgan fingerprint density at radius 3 is 1.16 bits per heavy atom. The van der Waals surface area contributed by atoms with Crippen LogP contribution in [0, 0.1) is 0 Å². The van der Waals surface area contributed by atoms with E-state index in [1.54, 1.807) is 72.8 Å². The predicted octanol–water partition coefficient (Wildman–Crippen LogP) is 4.08. The third-order valence-electron chi connectivity index (χ3n) is 6.35. The molecule has 224 valence electrons. The molecule has 4 aromatic carbocycles. The Morgan fingerprint density at radius 1 is 0.500 bits per heavy atom. The van der Waals surface area contributed by atoms with E-state index in [9.17, 15) is 29.1 Å². The highest BCUT2D eigenvalue weighted by Gasteiger charge is 2.45. The molecule has 0 aromatic heterocycles. The van der Waals surface area contributed by atoms with Gasteiger partial charge in [0.1, 0.15) is 0 Å². The van der Waals surface area contributed by atoms with Gasteiger partial charge in [0.25, 0.3) is 0 Å². The van der Waals surface area contributed by atoms with E-state index in [2.05, 4.69) is 0 Å². The van der Waals surface area contributed by atoms with Crippen LogP contribution in [-0.2, 0) is 23.7 Å². The van der Waals surface area contributed by atoms with Gasteiger partial charge in [0.15, 0.2) is 30.7 Å². The molecule has 0 spiro atoms. The number of aliphatic hydroxyl groups is 1. The summed E-state index contributed by atoms with van der Waals surface area (Å²) in [6.07, 6.45) is -7.05. The minimum atomic E-state index is -1.87. The SMILES string of the molecule is O=C[C@H](OC(=O)c1ccccc1)[C@@H](OC(=O)c1ccccc1)[C@H](OC(=O)c1ccccc1)[C@@H](CO)OC(=O)c1ccccc1. The Bertz CT molecular complexity index is 1540. The summed E-state index contributed by atoms with van der Waals surface area (Å²) in [5.41, 5.74) is 0.325. The Labute approximate surface area is 252 Å². The van der Waals surface area contributed by atoms with Crippen molar-refractivity contribution in [2.75, 3.05) is 6.61 Å². The molecule has 0 saturated heterocycles. The molecular formula is C34H28O10. The van der Waals surface area contributed by atoms with Crippen LogP contribution in [0.25, 0.3) is 0 Å². The number of ether oxygens (including phenoxy) is 4. The third kappa shape index (κ3) is 8.24. The lowest BCUT2D eigenvalue weighted by Gasteiger charge is -2.34. The maximum Gasteiger partial charge on any atom is 0.338 e. The smallest absolute Gasteiger partial charge is 0.338 e. The molecule has 0 heterocycles. The maximum absolute atomic E-state index is 13.3. The van der Waals surface area contributed by atoms with Gasteiger partial charge in [-0.25, -0.2) is 19.2 Å². The lowest BCUT2D eigenvalue weighted by atomic mass is 10.0. The van der Waals surface area contributed by atoms with Gasteiger partial charge in [-0.05, 0) is 48.5 Å². The molecule has 44 heavy (non-hydrogen) atoms. The van der Waals surface area contributed by atoms with Crippen LogP contribution in [0.1, 0.15) is 41.4 Å². The molecule has 0 fully saturated rings. The maximum atomic E-state index is 13.3. The zero-order chi connectivity index (χ0) is 31.3. The van der Waals surface area contributed by atoms with Gasteiger partial charge in [0, 0.05) is 0 Å².